The van der Waals surface area contributed by atoms with Crippen molar-refractivity contribution in [2.24, 2.45) is 0 Å². The summed E-state index contributed by atoms with van der Waals surface area (Å²) in [7, 11) is 0. The molecule has 7 heteroatoms. The zero-order chi connectivity index (χ0) is 18.3. The second kappa shape index (κ2) is 8.33. The minimum atomic E-state index is -1.28. The van der Waals surface area contributed by atoms with Gasteiger partial charge in [0.05, 0.1) is 0 Å². The number of hydrogen-bond acceptors (Lipinski definition) is 4. The Morgan fingerprint density at radius 1 is 1.12 bits per heavy atom. The van der Waals surface area contributed by atoms with Crippen molar-refractivity contribution in [3.8, 4) is 0 Å². The van der Waals surface area contributed by atoms with Crippen molar-refractivity contribution in [2.45, 2.75) is 51.8 Å². The standard InChI is InChI=1S/C17H23NO6/c1-17(2,3)24-16(23)18(11-12-7-5-4-6-8-12)13(15(21)22)9-10-14(19)20/h4-8,13H,9-11H2,1-3H3,(H,19,20)(H,21,22). The zero-order valence-electron chi connectivity index (χ0n) is 14.1. The minimum absolute atomic E-state index is 0.0202. The van der Waals surface area contributed by atoms with Crippen LogP contribution in [0.4, 0.5) is 4.79 Å². The van der Waals surface area contributed by atoms with Crippen LogP contribution in [0.15, 0.2) is 30.3 Å². The predicted octanol–water partition coefficient (Wildman–Crippen LogP) is 2.74. The SMILES string of the molecule is CC(C)(C)OC(=O)N(Cc1ccccc1)C(CCC(=O)O)C(=O)O. The molecule has 0 saturated carbocycles. The Bertz CT molecular complexity index is 578. The summed E-state index contributed by atoms with van der Waals surface area (Å²) in [5.41, 5.74) is -0.0630. The van der Waals surface area contributed by atoms with Crippen molar-refractivity contribution < 1.29 is 29.3 Å². The summed E-state index contributed by atoms with van der Waals surface area (Å²) in [4.78, 5) is 35.9. The summed E-state index contributed by atoms with van der Waals surface area (Å²) >= 11 is 0. The third-order valence-electron chi connectivity index (χ3n) is 3.12. The molecule has 1 atom stereocenters. The van der Waals surface area contributed by atoms with Crippen molar-refractivity contribution in [3.05, 3.63) is 35.9 Å². The van der Waals surface area contributed by atoms with Crippen LogP contribution in [0, 0.1) is 0 Å². The molecule has 0 radical (unpaired) electrons. The largest absolute Gasteiger partial charge is 0.481 e. The number of aliphatic carboxylic acids is 2. The smallest absolute Gasteiger partial charge is 0.411 e. The average molecular weight is 337 g/mol. The van der Waals surface area contributed by atoms with Crippen molar-refractivity contribution in [2.75, 3.05) is 0 Å². The molecule has 24 heavy (non-hydrogen) atoms. The maximum Gasteiger partial charge on any atom is 0.411 e. The quantitative estimate of drug-likeness (QED) is 0.793. The first-order chi connectivity index (χ1) is 11.1. The summed E-state index contributed by atoms with van der Waals surface area (Å²) in [5.74, 6) is -2.39. The Labute approximate surface area is 140 Å². The second-order valence-corrected chi connectivity index (χ2v) is 6.38. The lowest BCUT2D eigenvalue weighted by atomic mass is 10.1. The highest BCUT2D eigenvalue weighted by Crippen LogP contribution is 2.18. The molecule has 132 valence electrons. The molecule has 1 unspecified atom stereocenters. The zero-order valence-corrected chi connectivity index (χ0v) is 14.1. The first-order valence-electron chi connectivity index (χ1n) is 7.58. The number of hydrogen-bond donors (Lipinski definition) is 2. The van der Waals surface area contributed by atoms with Gasteiger partial charge in [-0.1, -0.05) is 30.3 Å². The van der Waals surface area contributed by atoms with E-state index >= 15 is 0 Å². The number of rotatable bonds is 7. The lowest BCUT2D eigenvalue weighted by molar-refractivity contribution is -0.144. The molecule has 0 aliphatic carbocycles. The fourth-order valence-corrected chi connectivity index (χ4v) is 2.08. The van der Waals surface area contributed by atoms with Crippen LogP contribution in [0.2, 0.25) is 0 Å². The van der Waals surface area contributed by atoms with Crippen LogP contribution in [0.3, 0.4) is 0 Å². The van der Waals surface area contributed by atoms with E-state index in [1.165, 1.54) is 0 Å². The lowest BCUT2D eigenvalue weighted by Crippen LogP contribution is -2.47. The van der Waals surface area contributed by atoms with Gasteiger partial charge in [-0.25, -0.2) is 9.59 Å². The maximum atomic E-state index is 12.4. The van der Waals surface area contributed by atoms with Crippen molar-refractivity contribution in [3.63, 3.8) is 0 Å². The van der Waals surface area contributed by atoms with Gasteiger partial charge in [-0.2, -0.15) is 0 Å². The molecular weight excluding hydrogens is 314 g/mol. The average Bonchev–Trinajstić information content (AvgIpc) is 2.44. The van der Waals surface area contributed by atoms with E-state index in [-0.39, 0.29) is 19.4 Å². The van der Waals surface area contributed by atoms with Gasteiger partial charge in [0.15, 0.2) is 0 Å². The van der Waals surface area contributed by atoms with E-state index in [1.807, 2.05) is 0 Å². The number of benzene rings is 1. The molecule has 0 bridgehead atoms. The third kappa shape index (κ3) is 6.68. The fourth-order valence-electron chi connectivity index (χ4n) is 2.08. The second-order valence-electron chi connectivity index (χ2n) is 6.38. The van der Waals surface area contributed by atoms with Crippen LogP contribution in [-0.4, -0.2) is 44.8 Å². The molecule has 0 aliphatic rings. The highest BCUT2D eigenvalue weighted by molar-refractivity contribution is 5.81. The Kier molecular flexibility index (Phi) is 6.76. The minimum Gasteiger partial charge on any atom is -0.481 e. The van der Waals surface area contributed by atoms with E-state index in [0.717, 1.165) is 10.5 Å². The van der Waals surface area contributed by atoms with E-state index in [2.05, 4.69) is 0 Å². The van der Waals surface area contributed by atoms with Crippen LogP contribution >= 0.6 is 0 Å². The summed E-state index contributed by atoms with van der Waals surface area (Å²) < 4.78 is 5.29. The Morgan fingerprint density at radius 3 is 2.17 bits per heavy atom. The van der Waals surface area contributed by atoms with Crippen LogP contribution in [-0.2, 0) is 20.9 Å². The summed E-state index contributed by atoms with van der Waals surface area (Å²) in [6, 6.07) is 7.59. The molecular formula is C17H23NO6. The normalized spacial score (nSPS) is 12.3. The van der Waals surface area contributed by atoms with Crippen LogP contribution < -0.4 is 0 Å². The van der Waals surface area contributed by atoms with Crippen molar-refractivity contribution >= 4 is 18.0 Å². The van der Waals surface area contributed by atoms with Crippen LogP contribution in [0.5, 0.6) is 0 Å². The molecule has 0 heterocycles. The molecule has 1 aromatic carbocycles. The number of carboxylic acids is 2. The number of amides is 1. The molecule has 1 amide bonds. The third-order valence-corrected chi connectivity index (χ3v) is 3.12. The lowest BCUT2D eigenvalue weighted by Gasteiger charge is -2.31. The number of carbonyl (C=O) groups excluding carboxylic acids is 1. The van der Waals surface area contributed by atoms with E-state index in [1.54, 1.807) is 51.1 Å². The van der Waals surface area contributed by atoms with Gasteiger partial charge in [-0.3, -0.25) is 9.69 Å². The van der Waals surface area contributed by atoms with Crippen LogP contribution in [0.1, 0.15) is 39.2 Å². The van der Waals surface area contributed by atoms with Gasteiger partial charge in [0.1, 0.15) is 11.6 Å². The maximum absolute atomic E-state index is 12.4. The molecule has 0 aromatic heterocycles. The Hall–Kier alpha value is -2.57. The molecule has 1 aromatic rings. The molecule has 0 saturated heterocycles. The van der Waals surface area contributed by atoms with Crippen molar-refractivity contribution in [1.29, 1.82) is 0 Å². The topological polar surface area (TPSA) is 104 Å². The van der Waals surface area contributed by atoms with E-state index in [9.17, 15) is 19.5 Å². The van der Waals surface area contributed by atoms with Gasteiger partial charge in [0.2, 0.25) is 0 Å². The van der Waals surface area contributed by atoms with E-state index < -0.39 is 29.7 Å². The van der Waals surface area contributed by atoms with Gasteiger partial charge in [0, 0.05) is 13.0 Å². The summed E-state index contributed by atoms with van der Waals surface area (Å²) in [5, 5.41) is 18.3. The van der Waals surface area contributed by atoms with Gasteiger partial charge in [-0.15, -0.1) is 0 Å². The highest BCUT2D eigenvalue weighted by atomic mass is 16.6. The monoisotopic (exact) mass is 337 g/mol. The van der Waals surface area contributed by atoms with Crippen LogP contribution in [0.25, 0.3) is 0 Å². The number of carboxylic acid groups (broad SMARTS) is 2. The molecule has 7 nitrogen and oxygen atoms in total. The molecule has 1 rings (SSSR count). The Morgan fingerprint density at radius 2 is 1.71 bits per heavy atom. The van der Waals surface area contributed by atoms with E-state index in [4.69, 9.17) is 9.84 Å². The van der Waals surface area contributed by atoms with Crippen molar-refractivity contribution in [1.82, 2.24) is 4.90 Å². The molecule has 2 N–H and O–H groups in total. The summed E-state index contributed by atoms with van der Waals surface area (Å²) in [6.45, 7) is 5.06. The molecule has 0 spiro atoms. The van der Waals surface area contributed by atoms with Gasteiger partial charge < -0.3 is 14.9 Å². The first kappa shape index (κ1) is 19.5. The summed E-state index contributed by atoms with van der Waals surface area (Å²) in [6.07, 6.45) is -1.34. The number of carbonyl (C=O) groups is 3. The Balaban J connectivity index is 3.06. The van der Waals surface area contributed by atoms with Gasteiger partial charge >= 0.3 is 18.0 Å². The van der Waals surface area contributed by atoms with Gasteiger partial charge in [-0.05, 0) is 32.8 Å². The predicted molar refractivity (Wildman–Crippen MR) is 86.5 cm³/mol. The fraction of sp³-hybridized carbons (Fsp3) is 0.471. The molecule has 0 fully saturated rings. The number of nitrogens with zero attached hydrogens (tertiary/aromatic N) is 1. The number of ether oxygens (including phenoxy) is 1. The highest BCUT2D eigenvalue weighted by Gasteiger charge is 2.33. The first-order valence-corrected chi connectivity index (χ1v) is 7.58. The molecule has 0 aliphatic heterocycles. The van der Waals surface area contributed by atoms with Gasteiger partial charge in [0.25, 0.3) is 0 Å². The van der Waals surface area contributed by atoms with E-state index in [0.29, 0.717) is 0 Å².